The lowest BCUT2D eigenvalue weighted by Crippen LogP contribution is -2.26. The zero-order valence-electron chi connectivity index (χ0n) is 13.4. The number of benzene rings is 1. The summed E-state index contributed by atoms with van der Waals surface area (Å²) in [7, 11) is 0. The van der Waals surface area contributed by atoms with Crippen molar-refractivity contribution >= 4 is 11.3 Å². The van der Waals surface area contributed by atoms with E-state index in [2.05, 4.69) is 55.3 Å². The number of hydrogen-bond donors (Lipinski definition) is 1. The molecule has 0 aliphatic heterocycles. The molecular weight excluding hydrogens is 276 g/mol. The monoisotopic (exact) mass is 302 g/mol. The molecule has 0 aliphatic rings. The molecule has 0 saturated carbocycles. The number of rotatable bonds is 8. The van der Waals surface area contributed by atoms with Crippen LogP contribution in [0.3, 0.4) is 0 Å². The summed E-state index contributed by atoms with van der Waals surface area (Å²) in [5.41, 5.74) is 2.88. The molecule has 2 aromatic rings. The Morgan fingerprint density at radius 3 is 2.67 bits per heavy atom. The molecule has 1 unspecified atom stereocenters. The van der Waals surface area contributed by atoms with Gasteiger partial charge in [0.15, 0.2) is 0 Å². The van der Waals surface area contributed by atoms with Crippen molar-refractivity contribution in [2.45, 2.75) is 40.0 Å². The highest BCUT2D eigenvalue weighted by atomic mass is 32.1. The molecule has 1 N–H and O–H groups in total. The molecule has 1 aromatic heterocycles. The number of aromatic nitrogens is 1. The molecule has 2 nitrogen and oxygen atoms in total. The van der Waals surface area contributed by atoms with Gasteiger partial charge in [0.25, 0.3) is 0 Å². The minimum Gasteiger partial charge on any atom is -0.316 e. The molecule has 21 heavy (non-hydrogen) atoms. The van der Waals surface area contributed by atoms with Crippen LogP contribution in [0.4, 0.5) is 0 Å². The quantitative estimate of drug-likeness (QED) is 0.741. The minimum atomic E-state index is 0.637. The summed E-state index contributed by atoms with van der Waals surface area (Å²) in [4.78, 5) is 5.80. The maximum absolute atomic E-state index is 4.39. The normalized spacial score (nSPS) is 12.5. The van der Waals surface area contributed by atoms with Crippen LogP contribution < -0.4 is 5.32 Å². The van der Waals surface area contributed by atoms with Crippen molar-refractivity contribution in [3.8, 4) is 0 Å². The van der Waals surface area contributed by atoms with Gasteiger partial charge in [0.05, 0.1) is 5.01 Å². The van der Waals surface area contributed by atoms with E-state index < -0.39 is 0 Å². The highest BCUT2D eigenvalue weighted by Gasteiger charge is 2.13. The van der Waals surface area contributed by atoms with Gasteiger partial charge in [-0.3, -0.25) is 0 Å². The molecule has 1 atom stereocenters. The predicted octanol–water partition coefficient (Wildman–Crippen LogP) is 4.16. The van der Waals surface area contributed by atoms with Gasteiger partial charge >= 0.3 is 0 Å². The summed E-state index contributed by atoms with van der Waals surface area (Å²) in [6.07, 6.45) is 5.50. The van der Waals surface area contributed by atoms with Crippen LogP contribution in [0.25, 0.3) is 0 Å². The van der Waals surface area contributed by atoms with Crippen LogP contribution in [0.1, 0.15) is 34.4 Å². The van der Waals surface area contributed by atoms with Gasteiger partial charge in [-0.2, -0.15) is 0 Å². The zero-order valence-corrected chi connectivity index (χ0v) is 14.2. The average molecular weight is 302 g/mol. The van der Waals surface area contributed by atoms with E-state index in [1.807, 2.05) is 17.5 Å². The van der Waals surface area contributed by atoms with Gasteiger partial charge in [0, 0.05) is 11.1 Å². The summed E-state index contributed by atoms with van der Waals surface area (Å²) in [5, 5.41) is 4.75. The molecule has 0 fully saturated rings. The maximum atomic E-state index is 4.39. The van der Waals surface area contributed by atoms with Gasteiger partial charge in [-0.1, -0.05) is 31.2 Å². The van der Waals surface area contributed by atoms with Gasteiger partial charge in [0.1, 0.15) is 0 Å². The molecule has 0 bridgehead atoms. The van der Waals surface area contributed by atoms with E-state index >= 15 is 0 Å². The van der Waals surface area contributed by atoms with Crippen LogP contribution in [0.15, 0.2) is 30.5 Å². The third-order valence-electron chi connectivity index (χ3n) is 3.79. The molecule has 0 spiro atoms. The SMILES string of the molecule is CCCNCC(Cc1cnc(C)s1)Cc1ccccc1C. The van der Waals surface area contributed by atoms with Crippen molar-refractivity contribution < 1.29 is 0 Å². The van der Waals surface area contributed by atoms with Crippen LogP contribution >= 0.6 is 11.3 Å². The first-order chi connectivity index (χ1) is 10.2. The topological polar surface area (TPSA) is 24.9 Å². The first-order valence-corrected chi connectivity index (χ1v) is 8.67. The Hall–Kier alpha value is -1.19. The lowest BCUT2D eigenvalue weighted by atomic mass is 9.93. The smallest absolute Gasteiger partial charge is 0.0896 e. The Kier molecular flexibility index (Phi) is 6.40. The van der Waals surface area contributed by atoms with Gasteiger partial charge in [0.2, 0.25) is 0 Å². The largest absolute Gasteiger partial charge is 0.316 e. The highest BCUT2D eigenvalue weighted by molar-refractivity contribution is 7.11. The lowest BCUT2D eigenvalue weighted by Gasteiger charge is -2.18. The Morgan fingerprint density at radius 2 is 2.00 bits per heavy atom. The van der Waals surface area contributed by atoms with Crippen LogP contribution in [0.2, 0.25) is 0 Å². The molecule has 1 heterocycles. The van der Waals surface area contributed by atoms with E-state index in [1.165, 1.54) is 27.4 Å². The molecule has 2 rings (SSSR count). The van der Waals surface area contributed by atoms with Gasteiger partial charge < -0.3 is 5.32 Å². The van der Waals surface area contributed by atoms with Crippen LogP contribution in [-0.2, 0) is 12.8 Å². The second-order valence-corrected chi connectivity index (χ2v) is 7.07. The summed E-state index contributed by atoms with van der Waals surface area (Å²) in [6, 6.07) is 8.74. The van der Waals surface area contributed by atoms with E-state index in [9.17, 15) is 0 Å². The summed E-state index contributed by atoms with van der Waals surface area (Å²) in [5.74, 6) is 0.637. The van der Waals surface area contributed by atoms with E-state index in [1.54, 1.807) is 0 Å². The molecule has 114 valence electrons. The Labute approximate surface area is 132 Å². The fourth-order valence-electron chi connectivity index (χ4n) is 2.63. The average Bonchev–Trinajstić information content (AvgIpc) is 2.87. The van der Waals surface area contributed by atoms with Crippen molar-refractivity contribution in [3.63, 3.8) is 0 Å². The van der Waals surface area contributed by atoms with Crippen molar-refractivity contribution in [2.24, 2.45) is 5.92 Å². The number of nitrogens with zero attached hydrogens (tertiary/aromatic N) is 1. The van der Waals surface area contributed by atoms with Crippen molar-refractivity contribution in [2.75, 3.05) is 13.1 Å². The van der Waals surface area contributed by atoms with Gasteiger partial charge in [-0.25, -0.2) is 4.98 Å². The first-order valence-electron chi connectivity index (χ1n) is 7.85. The summed E-state index contributed by atoms with van der Waals surface area (Å²) < 4.78 is 0. The fourth-order valence-corrected chi connectivity index (χ4v) is 3.54. The second-order valence-electron chi connectivity index (χ2n) is 5.75. The Balaban J connectivity index is 2.02. The molecule has 3 heteroatoms. The molecule has 1 aromatic carbocycles. The molecular formula is C18H26N2S. The summed E-state index contributed by atoms with van der Waals surface area (Å²) in [6.45, 7) is 8.70. The number of hydrogen-bond acceptors (Lipinski definition) is 3. The number of thiazole rings is 1. The number of aryl methyl sites for hydroxylation is 2. The number of nitrogens with one attached hydrogen (secondary N) is 1. The van der Waals surface area contributed by atoms with E-state index in [0.29, 0.717) is 5.92 Å². The third-order valence-corrected chi connectivity index (χ3v) is 4.72. The van der Waals surface area contributed by atoms with Gasteiger partial charge in [-0.05, 0) is 63.2 Å². The Bertz CT molecular complexity index is 548. The van der Waals surface area contributed by atoms with E-state index in [0.717, 1.165) is 25.9 Å². The summed E-state index contributed by atoms with van der Waals surface area (Å²) >= 11 is 1.83. The molecule has 0 amide bonds. The first kappa shape index (κ1) is 16.2. The van der Waals surface area contributed by atoms with Crippen LogP contribution in [-0.4, -0.2) is 18.1 Å². The molecule has 0 saturated heterocycles. The molecule has 0 aliphatic carbocycles. The van der Waals surface area contributed by atoms with Crippen molar-refractivity contribution in [3.05, 3.63) is 51.5 Å². The zero-order chi connectivity index (χ0) is 15.1. The third kappa shape index (κ3) is 5.25. The highest BCUT2D eigenvalue weighted by Crippen LogP contribution is 2.20. The van der Waals surface area contributed by atoms with Crippen LogP contribution in [0, 0.1) is 19.8 Å². The Morgan fingerprint density at radius 1 is 1.19 bits per heavy atom. The van der Waals surface area contributed by atoms with Crippen molar-refractivity contribution in [1.82, 2.24) is 10.3 Å². The van der Waals surface area contributed by atoms with E-state index in [4.69, 9.17) is 0 Å². The molecule has 0 radical (unpaired) electrons. The van der Waals surface area contributed by atoms with E-state index in [-0.39, 0.29) is 0 Å². The fraction of sp³-hybridized carbons (Fsp3) is 0.500. The van der Waals surface area contributed by atoms with Crippen molar-refractivity contribution in [1.29, 1.82) is 0 Å². The maximum Gasteiger partial charge on any atom is 0.0896 e. The minimum absolute atomic E-state index is 0.637. The van der Waals surface area contributed by atoms with Gasteiger partial charge in [-0.15, -0.1) is 11.3 Å². The predicted molar refractivity (Wildman–Crippen MR) is 92.1 cm³/mol. The lowest BCUT2D eigenvalue weighted by molar-refractivity contribution is 0.472. The second kappa shape index (κ2) is 8.30. The van der Waals surface area contributed by atoms with Crippen LogP contribution in [0.5, 0.6) is 0 Å². The standard InChI is InChI=1S/C18H26N2S/c1-4-9-19-12-16(11-18-13-20-15(3)21-18)10-17-8-6-5-7-14(17)2/h5-8,13,16,19H,4,9-12H2,1-3H3.